The number of nitrogens with one attached hydrogen (secondary N) is 1. The molecule has 1 saturated carbocycles. The third kappa shape index (κ3) is 2.25. The summed E-state index contributed by atoms with van der Waals surface area (Å²) < 4.78 is 13.2. The number of benzene rings is 1. The van der Waals surface area contributed by atoms with Gasteiger partial charge in [-0.3, -0.25) is 5.73 Å². The van der Waals surface area contributed by atoms with E-state index in [4.69, 9.17) is 5.73 Å². The van der Waals surface area contributed by atoms with Crippen molar-refractivity contribution >= 4 is 16.5 Å². The van der Waals surface area contributed by atoms with E-state index in [0.29, 0.717) is 0 Å². The fraction of sp³-hybridized carbons (Fsp3) is 0.400. The van der Waals surface area contributed by atoms with Crippen LogP contribution in [0.25, 0.3) is 0 Å². The van der Waals surface area contributed by atoms with E-state index in [9.17, 15) is 4.39 Å². The van der Waals surface area contributed by atoms with Crippen LogP contribution in [0, 0.1) is 5.82 Å². The molecule has 19 heavy (non-hydrogen) atoms. The monoisotopic (exact) mass is 277 g/mol. The predicted molar refractivity (Wildman–Crippen MR) is 75.6 cm³/mol. The Morgan fingerprint density at radius 2 is 1.79 bits per heavy atom. The number of aromatic amines is 1. The highest BCUT2D eigenvalue weighted by atomic mass is 32.1. The van der Waals surface area contributed by atoms with Crippen molar-refractivity contribution in [2.24, 2.45) is 0 Å². The number of nitrogens with two attached hydrogens (primary N) is 1. The maximum atomic E-state index is 13.2. The van der Waals surface area contributed by atoms with Gasteiger partial charge in [-0.05, 0) is 30.5 Å². The Labute approximate surface area is 116 Å². The highest BCUT2D eigenvalue weighted by molar-refractivity contribution is 7.13. The van der Waals surface area contributed by atoms with E-state index in [1.165, 1.54) is 30.5 Å². The number of halogens is 1. The zero-order chi connectivity index (χ0) is 13.3. The summed E-state index contributed by atoms with van der Waals surface area (Å²) in [6.45, 7) is 0. The Kier molecular flexibility index (Phi) is 3.27. The lowest BCUT2D eigenvalue weighted by atomic mass is 9.67. The predicted octanol–water partition coefficient (Wildman–Crippen LogP) is 3.53. The summed E-state index contributed by atoms with van der Waals surface area (Å²) in [4.78, 5) is 3.30. The van der Waals surface area contributed by atoms with E-state index in [0.717, 1.165) is 18.0 Å². The number of thiazole rings is 1. The maximum Gasteiger partial charge on any atom is 0.329 e. The van der Waals surface area contributed by atoms with Gasteiger partial charge in [0.2, 0.25) is 0 Å². The summed E-state index contributed by atoms with van der Waals surface area (Å²) in [5, 5.41) is 2.85. The molecule has 2 nitrogen and oxygen atoms in total. The molecule has 0 atom stereocenters. The average Bonchev–Trinajstić information content (AvgIpc) is 2.87. The number of rotatable bonds is 2. The number of anilines is 1. The van der Waals surface area contributed by atoms with Gasteiger partial charge in [0.25, 0.3) is 0 Å². The Bertz CT molecular complexity index is 556. The minimum Gasteiger partial charge on any atom is -0.278 e. The van der Waals surface area contributed by atoms with Crippen LogP contribution in [-0.2, 0) is 5.41 Å². The molecule has 1 aromatic carbocycles. The molecule has 3 N–H and O–H groups in total. The highest BCUT2D eigenvalue weighted by Gasteiger charge is 2.39. The first-order valence-electron chi connectivity index (χ1n) is 6.73. The van der Waals surface area contributed by atoms with E-state index in [2.05, 4.69) is 10.4 Å². The van der Waals surface area contributed by atoms with Crippen molar-refractivity contribution in [3.05, 3.63) is 46.7 Å². The molecular formula is C15H18FN2S+. The van der Waals surface area contributed by atoms with E-state index in [1.807, 2.05) is 12.1 Å². The van der Waals surface area contributed by atoms with Crippen LogP contribution in [-0.4, -0.2) is 0 Å². The van der Waals surface area contributed by atoms with Crippen molar-refractivity contribution in [1.29, 1.82) is 0 Å². The lowest BCUT2D eigenvalue weighted by Crippen LogP contribution is -2.35. The molecule has 1 aliphatic carbocycles. The standard InChI is InChI=1S/C15H17FN2S/c16-12-6-4-11(5-7-12)15(8-2-1-3-9-15)13-10-19-14(17)18-13/h4-7,10H,1-3,8-9H2,(H2,17,18)/p+1. The first kappa shape index (κ1) is 12.6. The van der Waals surface area contributed by atoms with Crippen LogP contribution in [0.3, 0.4) is 0 Å². The largest absolute Gasteiger partial charge is 0.329 e. The van der Waals surface area contributed by atoms with Gasteiger partial charge in [0.1, 0.15) is 11.5 Å². The number of H-pyrrole nitrogens is 1. The average molecular weight is 277 g/mol. The third-order valence-electron chi connectivity index (χ3n) is 4.18. The van der Waals surface area contributed by atoms with Crippen LogP contribution < -0.4 is 10.7 Å². The number of hydrogen-bond donors (Lipinski definition) is 1. The zero-order valence-corrected chi connectivity index (χ0v) is 11.6. The minimum atomic E-state index is -0.177. The van der Waals surface area contributed by atoms with E-state index in [-0.39, 0.29) is 11.2 Å². The molecule has 1 fully saturated rings. The molecule has 1 heterocycles. The zero-order valence-electron chi connectivity index (χ0n) is 10.8. The molecule has 0 radical (unpaired) electrons. The Balaban J connectivity index is 2.08. The van der Waals surface area contributed by atoms with E-state index in [1.54, 1.807) is 23.5 Å². The maximum absolute atomic E-state index is 13.2. The SMILES string of the molecule is Nc1[nH+]c(C2(c3ccc(F)cc3)CCCCC2)cs1. The second kappa shape index (κ2) is 4.93. The topological polar surface area (TPSA) is 40.2 Å². The van der Waals surface area contributed by atoms with Gasteiger partial charge in [-0.2, -0.15) is 0 Å². The number of hydrogen-bond acceptors (Lipinski definition) is 2. The summed E-state index contributed by atoms with van der Waals surface area (Å²) in [5.41, 5.74) is 8.21. The number of nitrogen functional groups attached to an aromatic ring is 1. The van der Waals surface area contributed by atoms with Crippen LogP contribution in [0.1, 0.15) is 43.4 Å². The van der Waals surface area contributed by atoms with Crippen molar-refractivity contribution in [2.75, 3.05) is 5.73 Å². The molecule has 2 aromatic rings. The smallest absolute Gasteiger partial charge is 0.278 e. The second-order valence-electron chi connectivity index (χ2n) is 5.29. The van der Waals surface area contributed by atoms with Crippen LogP contribution >= 0.6 is 11.3 Å². The summed E-state index contributed by atoms with van der Waals surface area (Å²) >= 11 is 1.54. The fourth-order valence-corrected chi connectivity index (χ4v) is 3.88. The van der Waals surface area contributed by atoms with Crippen LogP contribution in [0.5, 0.6) is 0 Å². The van der Waals surface area contributed by atoms with Gasteiger partial charge >= 0.3 is 5.13 Å². The van der Waals surface area contributed by atoms with Crippen molar-refractivity contribution in [2.45, 2.75) is 37.5 Å². The summed E-state index contributed by atoms with van der Waals surface area (Å²) in [5.74, 6) is -0.177. The van der Waals surface area contributed by atoms with Gasteiger partial charge in [0.05, 0.1) is 5.41 Å². The second-order valence-corrected chi connectivity index (χ2v) is 6.20. The van der Waals surface area contributed by atoms with Gasteiger partial charge in [-0.15, -0.1) is 0 Å². The molecule has 0 amide bonds. The lowest BCUT2D eigenvalue weighted by Gasteiger charge is -2.35. The molecule has 1 aromatic heterocycles. The summed E-state index contributed by atoms with van der Waals surface area (Å²) in [6.07, 6.45) is 5.90. The minimum absolute atomic E-state index is 0.0138. The molecular weight excluding hydrogens is 259 g/mol. The van der Waals surface area contributed by atoms with Gasteiger partial charge in [0.15, 0.2) is 0 Å². The highest BCUT2D eigenvalue weighted by Crippen LogP contribution is 2.44. The quantitative estimate of drug-likeness (QED) is 0.896. The Morgan fingerprint density at radius 3 is 2.37 bits per heavy atom. The molecule has 0 bridgehead atoms. The molecule has 4 heteroatoms. The van der Waals surface area contributed by atoms with E-state index < -0.39 is 0 Å². The van der Waals surface area contributed by atoms with Gasteiger partial charge < -0.3 is 0 Å². The van der Waals surface area contributed by atoms with Gasteiger partial charge in [0, 0.05) is 5.38 Å². The van der Waals surface area contributed by atoms with Crippen molar-refractivity contribution in [3.8, 4) is 0 Å². The Hall–Kier alpha value is -1.42. The summed E-state index contributed by atoms with van der Waals surface area (Å²) in [7, 11) is 0. The fourth-order valence-electron chi connectivity index (χ4n) is 3.18. The van der Waals surface area contributed by atoms with Gasteiger partial charge in [-0.25, -0.2) is 9.37 Å². The first-order valence-corrected chi connectivity index (χ1v) is 7.61. The van der Waals surface area contributed by atoms with Crippen LogP contribution in [0.2, 0.25) is 0 Å². The van der Waals surface area contributed by atoms with Crippen LogP contribution in [0.15, 0.2) is 29.6 Å². The first-order chi connectivity index (χ1) is 9.21. The normalized spacial score (nSPS) is 18.4. The number of aromatic nitrogens is 1. The summed E-state index contributed by atoms with van der Waals surface area (Å²) in [6, 6.07) is 6.95. The molecule has 100 valence electrons. The molecule has 0 unspecified atom stereocenters. The molecule has 0 saturated heterocycles. The molecule has 3 rings (SSSR count). The van der Waals surface area contributed by atoms with Gasteiger partial charge in [-0.1, -0.05) is 42.7 Å². The molecule has 1 aliphatic rings. The molecule has 0 spiro atoms. The Morgan fingerprint density at radius 1 is 1.11 bits per heavy atom. The third-order valence-corrected chi connectivity index (χ3v) is 4.89. The van der Waals surface area contributed by atoms with Crippen molar-refractivity contribution in [3.63, 3.8) is 0 Å². The van der Waals surface area contributed by atoms with E-state index >= 15 is 0 Å². The lowest BCUT2D eigenvalue weighted by molar-refractivity contribution is -0.374. The van der Waals surface area contributed by atoms with Crippen LogP contribution in [0.4, 0.5) is 9.52 Å². The van der Waals surface area contributed by atoms with Crippen molar-refractivity contribution in [1.82, 2.24) is 0 Å². The molecule has 0 aliphatic heterocycles. The van der Waals surface area contributed by atoms with Crippen molar-refractivity contribution < 1.29 is 9.37 Å².